The van der Waals surface area contributed by atoms with E-state index >= 15 is 0 Å². The molecule has 0 radical (unpaired) electrons. The Hall–Kier alpha value is -0.120. The van der Waals surface area contributed by atoms with Crippen molar-refractivity contribution in [3.05, 3.63) is 0 Å². The van der Waals surface area contributed by atoms with E-state index in [2.05, 4.69) is 27.7 Å². The molecule has 4 atom stereocenters. The summed E-state index contributed by atoms with van der Waals surface area (Å²) in [5, 5.41) is 28.9. The van der Waals surface area contributed by atoms with Crippen LogP contribution in [0.3, 0.4) is 0 Å². The van der Waals surface area contributed by atoms with Crippen LogP contribution in [0.4, 0.5) is 0 Å². The average Bonchev–Trinajstić information content (AvgIpc) is 2.53. The Balaban J connectivity index is 4.11. The van der Waals surface area contributed by atoms with Crippen molar-refractivity contribution in [2.24, 2.45) is 23.7 Å². The second-order valence-electron chi connectivity index (χ2n) is 7.92. The fourth-order valence-corrected chi connectivity index (χ4v) is 3.34. The summed E-state index contributed by atoms with van der Waals surface area (Å²) in [6, 6.07) is 0. The van der Waals surface area contributed by atoms with Crippen molar-refractivity contribution in [2.45, 2.75) is 91.6 Å². The molecule has 0 amide bonds. The van der Waals surface area contributed by atoms with Crippen molar-refractivity contribution in [3.63, 3.8) is 0 Å². The van der Waals surface area contributed by atoms with Crippen molar-refractivity contribution in [1.29, 1.82) is 0 Å². The highest BCUT2D eigenvalue weighted by Crippen LogP contribution is 2.26. The van der Waals surface area contributed by atoms with E-state index in [4.69, 9.17) is 5.11 Å². The Bertz CT molecular complexity index is 251. The zero-order valence-electron chi connectivity index (χ0n) is 16.0. The van der Waals surface area contributed by atoms with Crippen molar-refractivity contribution >= 4 is 0 Å². The first-order valence-corrected chi connectivity index (χ1v) is 9.84. The standard InChI is InChI=1S/C20H42O3/c1-5-18(15-22)10-6-7-12-20(23)19(13-16(2)3)11-8-9-17(4)14-21/h16-23H,5-15H2,1-4H3. The summed E-state index contributed by atoms with van der Waals surface area (Å²) in [4.78, 5) is 0. The summed E-state index contributed by atoms with van der Waals surface area (Å²) in [6.07, 6.45) is 9.25. The Morgan fingerprint density at radius 1 is 0.783 bits per heavy atom. The third kappa shape index (κ3) is 12.0. The molecule has 0 saturated heterocycles. The van der Waals surface area contributed by atoms with Crippen LogP contribution in [-0.2, 0) is 0 Å². The van der Waals surface area contributed by atoms with Gasteiger partial charge in [0.05, 0.1) is 6.10 Å². The molecule has 0 bridgehead atoms. The molecule has 23 heavy (non-hydrogen) atoms. The zero-order chi connectivity index (χ0) is 17.7. The van der Waals surface area contributed by atoms with Crippen LogP contribution < -0.4 is 0 Å². The molecule has 0 saturated carbocycles. The van der Waals surface area contributed by atoms with Crippen molar-refractivity contribution in [3.8, 4) is 0 Å². The number of aliphatic hydroxyl groups excluding tert-OH is 3. The van der Waals surface area contributed by atoms with E-state index in [1.807, 2.05) is 0 Å². The predicted octanol–water partition coefficient (Wildman–Crippen LogP) is 4.39. The quantitative estimate of drug-likeness (QED) is 0.390. The van der Waals surface area contributed by atoms with Gasteiger partial charge in [0.15, 0.2) is 0 Å². The molecular weight excluding hydrogens is 288 g/mol. The molecule has 3 N–H and O–H groups in total. The van der Waals surface area contributed by atoms with Gasteiger partial charge in [-0.05, 0) is 55.8 Å². The second-order valence-corrected chi connectivity index (χ2v) is 7.92. The summed E-state index contributed by atoms with van der Waals surface area (Å²) < 4.78 is 0. The van der Waals surface area contributed by atoms with Gasteiger partial charge >= 0.3 is 0 Å². The maximum Gasteiger partial charge on any atom is 0.0568 e. The number of aliphatic hydroxyl groups is 3. The van der Waals surface area contributed by atoms with Gasteiger partial charge in [-0.25, -0.2) is 0 Å². The fraction of sp³-hybridized carbons (Fsp3) is 1.00. The molecule has 4 unspecified atom stereocenters. The first-order valence-electron chi connectivity index (χ1n) is 9.84. The highest BCUT2D eigenvalue weighted by molar-refractivity contribution is 4.72. The van der Waals surface area contributed by atoms with E-state index < -0.39 is 0 Å². The molecule has 0 spiro atoms. The minimum absolute atomic E-state index is 0.198. The molecule has 0 rings (SSSR count). The van der Waals surface area contributed by atoms with E-state index in [-0.39, 0.29) is 19.3 Å². The molecule has 0 aliphatic heterocycles. The molecular formula is C20H42O3. The lowest BCUT2D eigenvalue weighted by molar-refractivity contribution is 0.0757. The Morgan fingerprint density at radius 2 is 1.43 bits per heavy atom. The molecule has 3 heteroatoms. The van der Waals surface area contributed by atoms with Crippen LogP contribution in [0.1, 0.15) is 85.5 Å². The molecule has 0 aromatic rings. The maximum atomic E-state index is 10.6. The van der Waals surface area contributed by atoms with Gasteiger partial charge in [0.1, 0.15) is 0 Å². The van der Waals surface area contributed by atoms with Gasteiger partial charge in [-0.1, -0.05) is 53.4 Å². The summed E-state index contributed by atoms with van der Waals surface area (Å²) in [5.41, 5.74) is 0. The monoisotopic (exact) mass is 330 g/mol. The van der Waals surface area contributed by atoms with Crippen LogP contribution >= 0.6 is 0 Å². The minimum Gasteiger partial charge on any atom is -0.396 e. The highest BCUT2D eigenvalue weighted by Gasteiger charge is 2.20. The van der Waals surface area contributed by atoms with Crippen LogP contribution in [0.25, 0.3) is 0 Å². The fourth-order valence-electron chi connectivity index (χ4n) is 3.34. The molecule has 3 nitrogen and oxygen atoms in total. The van der Waals surface area contributed by atoms with Gasteiger partial charge in [-0.3, -0.25) is 0 Å². The van der Waals surface area contributed by atoms with E-state index in [0.29, 0.717) is 23.7 Å². The first kappa shape index (κ1) is 22.9. The van der Waals surface area contributed by atoms with Gasteiger partial charge in [0, 0.05) is 13.2 Å². The van der Waals surface area contributed by atoms with Gasteiger partial charge in [-0.15, -0.1) is 0 Å². The summed E-state index contributed by atoms with van der Waals surface area (Å²) in [7, 11) is 0. The predicted molar refractivity (Wildman–Crippen MR) is 98.4 cm³/mol. The number of rotatable bonds is 15. The lowest BCUT2D eigenvalue weighted by Gasteiger charge is -2.25. The normalized spacial score (nSPS) is 17.2. The topological polar surface area (TPSA) is 60.7 Å². The Kier molecular flexibility index (Phi) is 14.2. The molecule has 0 aromatic carbocycles. The third-order valence-electron chi connectivity index (χ3n) is 5.10. The van der Waals surface area contributed by atoms with Crippen LogP contribution in [-0.4, -0.2) is 34.6 Å². The average molecular weight is 331 g/mol. The second kappa shape index (κ2) is 14.2. The molecule has 0 aliphatic carbocycles. The van der Waals surface area contributed by atoms with Gasteiger partial charge < -0.3 is 15.3 Å². The summed E-state index contributed by atoms with van der Waals surface area (Å²) in [5.74, 6) is 1.80. The van der Waals surface area contributed by atoms with E-state index in [1.165, 1.54) is 0 Å². The smallest absolute Gasteiger partial charge is 0.0568 e. The van der Waals surface area contributed by atoms with Gasteiger partial charge in [-0.2, -0.15) is 0 Å². The van der Waals surface area contributed by atoms with E-state index in [9.17, 15) is 10.2 Å². The van der Waals surface area contributed by atoms with Crippen molar-refractivity contribution in [2.75, 3.05) is 13.2 Å². The Morgan fingerprint density at radius 3 is 1.96 bits per heavy atom. The lowest BCUT2D eigenvalue weighted by Crippen LogP contribution is -2.22. The zero-order valence-corrected chi connectivity index (χ0v) is 16.0. The third-order valence-corrected chi connectivity index (χ3v) is 5.10. The van der Waals surface area contributed by atoms with Crippen LogP contribution in [0, 0.1) is 23.7 Å². The van der Waals surface area contributed by atoms with E-state index in [0.717, 1.165) is 57.8 Å². The Labute approximate surface area is 144 Å². The van der Waals surface area contributed by atoms with Crippen LogP contribution in [0.15, 0.2) is 0 Å². The number of hydrogen-bond acceptors (Lipinski definition) is 3. The molecule has 0 aromatic heterocycles. The SMILES string of the molecule is CCC(CO)CCCCC(O)C(CCCC(C)CO)CC(C)C. The summed E-state index contributed by atoms with van der Waals surface area (Å²) in [6.45, 7) is 9.21. The molecule has 0 fully saturated rings. The van der Waals surface area contributed by atoms with Crippen LogP contribution in [0.5, 0.6) is 0 Å². The maximum absolute atomic E-state index is 10.6. The lowest BCUT2D eigenvalue weighted by atomic mass is 9.84. The first-order chi connectivity index (χ1) is 10.9. The van der Waals surface area contributed by atoms with Gasteiger partial charge in [0.2, 0.25) is 0 Å². The van der Waals surface area contributed by atoms with Crippen molar-refractivity contribution < 1.29 is 15.3 Å². The molecule has 0 heterocycles. The summed E-state index contributed by atoms with van der Waals surface area (Å²) >= 11 is 0. The minimum atomic E-state index is -0.198. The van der Waals surface area contributed by atoms with Crippen molar-refractivity contribution in [1.82, 2.24) is 0 Å². The number of hydrogen-bond donors (Lipinski definition) is 3. The largest absolute Gasteiger partial charge is 0.396 e. The molecule has 0 aliphatic rings. The molecule has 140 valence electrons. The highest BCUT2D eigenvalue weighted by atomic mass is 16.3. The van der Waals surface area contributed by atoms with Gasteiger partial charge in [0.25, 0.3) is 0 Å². The van der Waals surface area contributed by atoms with Crippen LogP contribution in [0.2, 0.25) is 0 Å². The number of unbranched alkanes of at least 4 members (excludes halogenated alkanes) is 1. The van der Waals surface area contributed by atoms with E-state index in [1.54, 1.807) is 0 Å².